The number of aromatic amines is 1. The van der Waals surface area contributed by atoms with Crippen LogP contribution in [0.2, 0.25) is 0 Å². The molecule has 0 aromatic carbocycles. The van der Waals surface area contributed by atoms with Crippen LogP contribution >= 0.6 is 0 Å². The molecule has 8 heteroatoms. The molecule has 152 valence electrons. The van der Waals surface area contributed by atoms with Crippen LogP contribution < -0.4 is 16.6 Å². The highest BCUT2D eigenvalue weighted by Crippen LogP contribution is 2.17. The first-order chi connectivity index (χ1) is 13.1. The Balaban J connectivity index is 2.16. The van der Waals surface area contributed by atoms with Crippen molar-refractivity contribution in [2.45, 2.75) is 65.3 Å². The van der Waals surface area contributed by atoms with Crippen molar-refractivity contribution in [3.05, 3.63) is 20.8 Å². The number of anilines is 1. The molecule has 0 unspecified atom stereocenters. The first-order valence-corrected chi connectivity index (χ1v) is 10.1. The van der Waals surface area contributed by atoms with Crippen LogP contribution in [0.5, 0.6) is 0 Å². The number of aromatic nitrogens is 4. The number of rotatable bonds is 13. The van der Waals surface area contributed by atoms with E-state index >= 15 is 0 Å². The normalized spacial score (nSPS) is 11.4. The van der Waals surface area contributed by atoms with Gasteiger partial charge in [-0.05, 0) is 19.8 Å². The van der Waals surface area contributed by atoms with E-state index in [1.807, 2.05) is 11.5 Å². The molecule has 0 atom stereocenters. The van der Waals surface area contributed by atoms with E-state index < -0.39 is 5.69 Å². The van der Waals surface area contributed by atoms with Gasteiger partial charge in [0, 0.05) is 33.4 Å². The Kier molecular flexibility index (Phi) is 8.57. The highest BCUT2D eigenvalue weighted by Gasteiger charge is 2.16. The standard InChI is InChI=1S/C19H33N5O3/c1-4-6-7-8-9-10-13-24-15-16(23(3)19(26)22-17(15)25)21-18(24)20-12-11-14-27-5-2/h4-14H2,1-3H3,(H,20,21)(H,22,25,26). The second-order valence-corrected chi connectivity index (χ2v) is 6.82. The van der Waals surface area contributed by atoms with Crippen molar-refractivity contribution in [1.82, 2.24) is 19.1 Å². The fourth-order valence-corrected chi connectivity index (χ4v) is 3.16. The van der Waals surface area contributed by atoms with Gasteiger partial charge in [-0.15, -0.1) is 0 Å². The van der Waals surface area contributed by atoms with Crippen LogP contribution in [0.1, 0.15) is 58.8 Å². The molecule has 0 aliphatic carbocycles. The van der Waals surface area contributed by atoms with Gasteiger partial charge >= 0.3 is 5.69 Å². The summed E-state index contributed by atoms with van der Waals surface area (Å²) in [5, 5.41) is 3.30. The molecule has 2 N–H and O–H groups in total. The summed E-state index contributed by atoms with van der Waals surface area (Å²) in [6.07, 6.45) is 7.89. The molecule has 0 saturated heterocycles. The van der Waals surface area contributed by atoms with Gasteiger partial charge in [0.05, 0.1) is 0 Å². The zero-order chi connectivity index (χ0) is 19.6. The fraction of sp³-hybridized carbons (Fsp3) is 0.737. The van der Waals surface area contributed by atoms with Gasteiger partial charge in [-0.2, -0.15) is 4.98 Å². The lowest BCUT2D eigenvalue weighted by Gasteiger charge is -2.10. The highest BCUT2D eigenvalue weighted by molar-refractivity contribution is 5.74. The Morgan fingerprint density at radius 3 is 2.56 bits per heavy atom. The van der Waals surface area contributed by atoms with Gasteiger partial charge < -0.3 is 14.6 Å². The first-order valence-electron chi connectivity index (χ1n) is 10.1. The number of aryl methyl sites for hydroxylation is 2. The topological polar surface area (TPSA) is 93.9 Å². The molecule has 2 aromatic rings. The molecule has 2 heterocycles. The molecule has 0 aliphatic rings. The van der Waals surface area contributed by atoms with E-state index in [1.165, 1.54) is 30.3 Å². The molecule has 8 nitrogen and oxygen atoms in total. The summed E-state index contributed by atoms with van der Waals surface area (Å²) in [5.41, 5.74) is 0.0496. The molecule has 0 bridgehead atoms. The van der Waals surface area contributed by atoms with Crippen LogP contribution in [0.4, 0.5) is 5.95 Å². The van der Waals surface area contributed by atoms with E-state index in [-0.39, 0.29) is 5.56 Å². The van der Waals surface area contributed by atoms with E-state index in [4.69, 9.17) is 4.74 Å². The Labute approximate surface area is 159 Å². The Morgan fingerprint density at radius 2 is 1.81 bits per heavy atom. The molecule has 27 heavy (non-hydrogen) atoms. The minimum atomic E-state index is -0.445. The van der Waals surface area contributed by atoms with E-state index in [1.54, 1.807) is 7.05 Å². The zero-order valence-electron chi connectivity index (χ0n) is 16.8. The first kappa shape index (κ1) is 21.2. The molecule has 2 rings (SSSR count). The lowest BCUT2D eigenvalue weighted by Crippen LogP contribution is -2.29. The number of nitrogens with zero attached hydrogens (tertiary/aromatic N) is 3. The summed E-state index contributed by atoms with van der Waals surface area (Å²) in [6, 6.07) is 0. The average molecular weight is 380 g/mol. The minimum Gasteiger partial charge on any atom is -0.382 e. The van der Waals surface area contributed by atoms with Gasteiger partial charge in [0.25, 0.3) is 5.56 Å². The summed E-state index contributed by atoms with van der Waals surface area (Å²) in [5.74, 6) is 0.641. The predicted octanol–water partition coefficient (Wildman–Crippen LogP) is 2.62. The maximum Gasteiger partial charge on any atom is 0.329 e. The molecule has 0 spiro atoms. The summed E-state index contributed by atoms with van der Waals surface area (Å²) in [7, 11) is 1.63. The van der Waals surface area contributed by atoms with Crippen LogP contribution in [0, 0.1) is 0 Å². The van der Waals surface area contributed by atoms with Gasteiger partial charge in [0.2, 0.25) is 5.95 Å². The van der Waals surface area contributed by atoms with Gasteiger partial charge in [0.1, 0.15) is 0 Å². The smallest absolute Gasteiger partial charge is 0.329 e. The van der Waals surface area contributed by atoms with E-state index in [0.717, 1.165) is 19.3 Å². The Morgan fingerprint density at radius 1 is 1.07 bits per heavy atom. The fourth-order valence-electron chi connectivity index (χ4n) is 3.16. The Bertz CT molecular complexity index is 821. The summed E-state index contributed by atoms with van der Waals surface area (Å²) in [6.45, 7) is 6.97. The molecule has 0 radical (unpaired) electrons. The van der Waals surface area contributed by atoms with Crippen molar-refractivity contribution in [2.24, 2.45) is 7.05 Å². The number of hydrogen-bond acceptors (Lipinski definition) is 5. The second kappa shape index (κ2) is 10.9. The second-order valence-electron chi connectivity index (χ2n) is 6.82. The number of nitrogens with one attached hydrogen (secondary N) is 2. The Hall–Kier alpha value is -2.09. The molecule has 2 aromatic heterocycles. The third-order valence-electron chi connectivity index (χ3n) is 4.70. The van der Waals surface area contributed by atoms with Crippen LogP contribution in [0.15, 0.2) is 9.59 Å². The molecule has 0 saturated carbocycles. The van der Waals surface area contributed by atoms with Crippen molar-refractivity contribution >= 4 is 17.1 Å². The number of hydrogen-bond donors (Lipinski definition) is 2. The van der Waals surface area contributed by atoms with Crippen LogP contribution in [-0.2, 0) is 18.3 Å². The summed E-state index contributed by atoms with van der Waals surface area (Å²) < 4.78 is 8.66. The maximum absolute atomic E-state index is 12.4. The average Bonchev–Trinajstić information content (AvgIpc) is 3.01. The number of imidazole rings is 1. The van der Waals surface area contributed by atoms with Gasteiger partial charge in [-0.1, -0.05) is 39.0 Å². The molecule has 0 aliphatic heterocycles. The number of unbranched alkanes of at least 4 members (excludes halogenated alkanes) is 5. The lowest BCUT2D eigenvalue weighted by atomic mass is 10.1. The van der Waals surface area contributed by atoms with E-state index in [9.17, 15) is 9.59 Å². The zero-order valence-corrected chi connectivity index (χ0v) is 16.8. The van der Waals surface area contributed by atoms with Crippen LogP contribution in [0.3, 0.4) is 0 Å². The third-order valence-corrected chi connectivity index (χ3v) is 4.70. The molecular weight excluding hydrogens is 346 g/mol. The number of ether oxygens (including phenoxy) is 1. The third kappa shape index (κ3) is 5.69. The SMILES string of the molecule is CCCCCCCCn1c(NCCCOCC)nc2c1c(=O)[nH]c(=O)n2C. The van der Waals surface area contributed by atoms with E-state index in [2.05, 4.69) is 22.2 Å². The van der Waals surface area contributed by atoms with Gasteiger partial charge in [-0.25, -0.2) is 4.79 Å². The number of H-pyrrole nitrogens is 1. The molecule has 0 fully saturated rings. The van der Waals surface area contributed by atoms with Crippen molar-refractivity contribution in [1.29, 1.82) is 0 Å². The predicted molar refractivity (Wildman–Crippen MR) is 109 cm³/mol. The van der Waals surface area contributed by atoms with Crippen molar-refractivity contribution in [3.8, 4) is 0 Å². The summed E-state index contributed by atoms with van der Waals surface area (Å²) in [4.78, 5) is 31.2. The van der Waals surface area contributed by atoms with E-state index in [0.29, 0.717) is 43.4 Å². The quantitative estimate of drug-likeness (QED) is 0.522. The number of fused-ring (bicyclic) bond motifs is 1. The largest absolute Gasteiger partial charge is 0.382 e. The lowest BCUT2D eigenvalue weighted by molar-refractivity contribution is 0.147. The van der Waals surface area contributed by atoms with Crippen molar-refractivity contribution in [3.63, 3.8) is 0 Å². The van der Waals surface area contributed by atoms with Crippen molar-refractivity contribution in [2.75, 3.05) is 25.1 Å². The highest BCUT2D eigenvalue weighted by atomic mass is 16.5. The van der Waals surface area contributed by atoms with Gasteiger partial charge in [-0.3, -0.25) is 14.3 Å². The van der Waals surface area contributed by atoms with Crippen LogP contribution in [-0.4, -0.2) is 38.9 Å². The monoisotopic (exact) mass is 379 g/mol. The summed E-state index contributed by atoms with van der Waals surface area (Å²) >= 11 is 0. The van der Waals surface area contributed by atoms with Crippen LogP contribution in [0.25, 0.3) is 11.2 Å². The minimum absolute atomic E-state index is 0.381. The molecule has 0 amide bonds. The van der Waals surface area contributed by atoms with Gasteiger partial charge in [0.15, 0.2) is 11.2 Å². The maximum atomic E-state index is 12.4. The van der Waals surface area contributed by atoms with Crippen molar-refractivity contribution < 1.29 is 4.74 Å². The molecular formula is C19H33N5O3.